The minimum Gasteiger partial charge on any atom is -0.481 e. The number of nitrogens with one attached hydrogen (secondary N) is 5. The van der Waals surface area contributed by atoms with Crippen LogP contribution in [-0.2, 0) is 47.7 Å². The smallest absolute Gasteiger partial charge is 0.326 e. The van der Waals surface area contributed by atoms with E-state index in [0.717, 1.165) is 64.2 Å². The standard InChI is InChI=1S/C38H72N5O13P/c44-32(19-18-31(38(51)52)42-33(45)15-11-9-7-5-3-1-2-4-6-8-10-12-17-37(49)50)40-21-23-53-25-28-56-30-36(48)41-22-24-54-26-27-55-29-35(47)39-20-14-13-16-34(46)43-57/h31,34,43,46H,1-30,57H2,(H,39,47)(H,40,44)(H,41,48)(H,42,45)(H,49,50)(H,51,52)/t31-,34+/m0/s1. The molecule has 0 fully saturated rings. The molecule has 0 rings (SSSR count). The van der Waals surface area contributed by atoms with Crippen molar-refractivity contribution < 1.29 is 63.0 Å². The molecule has 0 spiro atoms. The van der Waals surface area contributed by atoms with Gasteiger partial charge >= 0.3 is 11.9 Å². The van der Waals surface area contributed by atoms with Crippen LogP contribution in [0.4, 0.5) is 0 Å². The Morgan fingerprint density at radius 2 is 0.930 bits per heavy atom. The number of aliphatic carboxylic acids is 2. The van der Waals surface area contributed by atoms with E-state index in [-0.39, 0.29) is 115 Å². The highest BCUT2D eigenvalue weighted by molar-refractivity contribution is 7.13. The lowest BCUT2D eigenvalue weighted by Crippen LogP contribution is -2.41. The largest absolute Gasteiger partial charge is 0.481 e. The third-order valence-corrected chi connectivity index (χ3v) is 8.99. The van der Waals surface area contributed by atoms with Gasteiger partial charge < -0.3 is 55.5 Å². The number of aliphatic hydroxyl groups excluding tert-OH is 1. The first-order valence-electron chi connectivity index (χ1n) is 20.5. The van der Waals surface area contributed by atoms with E-state index in [0.29, 0.717) is 19.4 Å². The van der Waals surface area contributed by atoms with Gasteiger partial charge in [-0.25, -0.2) is 4.79 Å². The van der Waals surface area contributed by atoms with Crippen LogP contribution in [-0.4, -0.2) is 136 Å². The molecule has 0 radical (unpaired) electrons. The molecule has 0 aliphatic carbocycles. The zero-order chi connectivity index (χ0) is 42.2. The van der Waals surface area contributed by atoms with Crippen molar-refractivity contribution in [3.8, 4) is 0 Å². The van der Waals surface area contributed by atoms with Crippen molar-refractivity contribution in [3.05, 3.63) is 0 Å². The second-order valence-corrected chi connectivity index (χ2v) is 14.0. The van der Waals surface area contributed by atoms with Gasteiger partial charge in [0.25, 0.3) is 0 Å². The highest BCUT2D eigenvalue weighted by Crippen LogP contribution is 2.13. The average Bonchev–Trinajstić information content (AvgIpc) is 3.17. The lowest BCUT2D eigenvalue weighted by molar-refractivity contribution is -0.142. The Kier molecular flexibility index (Phi) is 37.7. The van der Waals surface area contributed by atoms with Crippen LogP contribution >= 0.6 is 9.39 Å². The van der Waals surface area contributed by atoms with E-state index in [2.05, 4.69) is 35.7 Å². The molecule has 4 amide bonds. The summed E-state index contributed by atoms with van der Waals surface area (Å²) in [5.74, 6) is -3.15. The van der Waals surface area contributed by atoms with Crippen LogP contribution < -0.4 is 26.4 Å². The molecule has 0 heterocycles. The summed E-state index contributed by atoms with van der Waals surface area (Å²) in [5.41, 5.74) is 0. The number of hydrogen-bond acceptors (Lipinski definition) is 12. The predicted octanol–water partition coefficient (Wildman–Crippen LogP) is 2.17. The van der Waals surface area contributed by atoms with Gasteiger partial charge in [-0.2, -0.15) is 0 Å². The second-order valence-electron chi connectivity index (χ2n) is 13.7. The van der Waals surface area contributed by atoms with E-state index < -0.39 is 24.2 Å². The molecule has 18 nitrogen and oxygen atoms in total. The van der Waals surface area contributed by atoms with Crippen molar-refractivity contribution in [2.75, 3.05) is 72.5 Å². The van der Waals surface area contributed by atoms with E-state index >= 15 is 0 Å². The molecule has 1 unspecified atom stereocenters. The Morgan fingerprint density at radius 1 is 0.474 bits per heavy atom. The van der Waals surface area contributed by atoms with Crippen molar-refractivity contribution >= 4 is 45.0 Å². The molecule has 19 heteroatoms. The first kappa shape index (κ1) is 54.0. The molecular formula is C38H72N5O13P. The van der Waals surface area contributed by atoms with Gasteiger partial charge in [-0.1, -0.05) is 73.6 Å². The van der Waals surface area contributed by atoms with Gasteiger partial charge in [0, 0.05) is 38.9 Å². The number of carboxylic acids is 2. The molecule has 0 aliphatic rings. The minimum atomic E-state index is -1.19. The summed E-state index contributed by atoms with van der Waals surface area (Å²) in [5, 5.41) is 40.7. The maximum Gasteiger partial charge on any atom is 0.326 e. The molecule has 57 heavy (non-hydrogen) atoms. The molecule has 0 aromatic heterocycles. The third-order valence-electron chi connectivity index (χ3n) is 8.60. The monoisotopic (exact) mass is 837 g/mol. The van der Waals surface area contributed by atoms with Gasteiger partial charge in [-0.3, -0.25) is 29.1 Å². The summed E-state index contributed by atoms with van der Waals surface area (Å²) in [6.07, 6.45) is 14.3. The fraction of sp³-hybridized carbons (Fsp3) is 0.842. The van der Waals surface area contributed by atoms with Crippen LogP contribution in [0.2, 0.25) is 0 Å². The summed E-state index contributed by atoms with van der Waals surface area (Å²) >= 11 is 0. The van der Waals surface area contributed by atoms with Crippen molar-refractivity contribution in [1.82, 2.24) is 26.4 Å². The number of unbranched alkanes of at least 4 members (excludes halogenated alkanes) is 12. The number of carbonyl (C=O) groups excluding carboxylic acids is 4. The Labute approximate surface area is 340 Å². The highest BCUT2D eigenvalue weighted by atomic mass is 31.0. The maximum absolute atomic E-state index is 12.3. The second kappa shape index (κ2) is 39.8. The summed E-state index contributed by atoms with van der Waals surface area (Å²) in [4.78, 5) is 70.1. The number of aliphatic hydroxyl groups is 1. The van der Waals surface area contributed by atoms with Crippen molar-refractivity contribution in [2.45, 2.75) is 134 Å². The molecule has 0 aromatic carbocycles. The molecule has 3 atom stereocenters. The van der Waals surface area contributed by atoms with Gasteiger partial charge in [0.1, 0.15) is 25.5 Å². The maximum atomic E-state index is 12.3. The molecule has 8 N–H and O–H groups in total. The quantitative estimate of drug-likeness (QED) is 0.0249. The van der Waals surface area contributed by atoms with Crippen LogP contribution in [0.3, 0.4) is 0 Å². The zero-order valence-electron chi connectivity index (χ0n) is 33.9. The fourth-order valence-corrected chi connectivity index (χ4v) is 5.55. The van der Waals surface area contributed by atoms with Crippen LogP contribution in [0, 0.1) is 0 Å². The van der Waals surface area contributed by atoms with Crippen LogP contribution in [0.15, 0.2) is 0 Å². The summed E-state index contributed by atoms with van der Waals surface area (Å²) in [7, 11) is 2.25. The number of hydrogen-bond donors (Lipinski definition) is 8. The van der Waals surface area contributed by atoms with Crippen molar-refractivity contribution in [1.29, 1.82) is 0 Å². The van der Waals surface area contributed by atoms with Crippen LogP contribution in [0.25, 0.3) is 0 Å². The van der Waals surface area contributed by atoms with Crippen LogP contribution in [0.5, 0.6) is 0 Å². The predicted molar refractivity (Wildman–Crippen MR) is 216 cm³/mol. The lowest BCUT2D eigenvalue weighted by Gasteiger charge is -2.14. The number of carboxylic acid groups (broad SMARTS) is 2. The summed E-state index contributed by atoms with van der Waals surface area (Å²) in [6, 6.07) is -1.14. The average molecular weight is 838 g/mol. The molecule has 0 aliphatic heterocycles. The normalized spacial score (nSPS) is 12.1. The summed E-state index contributed by atoms with van der Waals surface area (Å²) < 4.78 is 21.3. The number of carbonyl (C=O) groups is 6. The Bertz CT molecular complexity index is 1080. The molecule has 0 aromatic rings. The fourth-order valence-electron chi connectivity index (χ4n) is 5.39. The van der Waals surface area contributed by atoms with Crippen molar-refractivity contribution in [2.24, 2.45) is 0 Å². The van der Waals surface area contributed by atoms with Crippen LogP contribution in [0.1, 0.15) is 122 Å². The number of rotatable bonds is 42. The Hall–Kier alpha value is -2.99. The highest BCUT2D eigenvalue weighted by Gasteiger charge is 2.20. The lowest BCUT2D eigenvalue weighted by atomic mass is 10.0. The van der Waals surface area contributed by atoms with E-state index in [4.69, 9.17) is 24.1 Å². The molecular weight excluding hydrogens is 765 g/mol. The van der Waals surface area contributed by atoms with Gasteiger partial charge in [0.05, 0.1) is 39.6 Å². The van der Waals surface area contributed by atoms with E-state index in [1.807, 2.05) is 0 Å². The van der Waals surface area contributed by atoms with Gasteiger partial charge in [-0.15, -0.1) is 0 Å². The Balaban J connectivity index is 3.65. The third kappa shape index (κ3) is 39.6. The van der Waals surface area contributed by atoms with Gasteiger partial charge in [-0.05, 0) is 38.5 Å². The Morgan fingerprint density at radius 3 is 1.42 bits per heavy atom. The molecule has 0 bridgehead atoms. The van der Waals surface area contributed by atoms with E-state index in [9.17, 15) is 39.0 Å². The van der Waals surface area contributed by atoms with Crippen molar-refractivity contribution in [3.63, 3.8) is 0 Å². The zero-order valence-corrected chi connectivity index (χ0v) is 35.0. The molecule has 332 valence electrons. The van der Waals surface area contributed by atoms with Gasteiger partial charge in [0.2, 0.25) is 23.6 Å². The van der Waals surface area contributed by atoms with E-state index in [1.54, 1.807) is 0 Å². The number of amides is 4. The van der Waals surface area contributed by atoms with Gasteiger partial charge in [0.15, 0.2) is 0 Å². The molecule has 0 saturated heterocycles. The number of ether oxygens (including phenoxy) is 4. The summed E-state index contributed by atoms with van der Waals surface area (Å²) in [6.45, 7) is 2.12. The first-order valence-corrected chi connectivity index (χ1v) is 21.1. The minimum absolute atomic E-state index is 0.0290. The SMILES string of the molecule is O=C(O)CCCCCCCCCCCCCCC(=O)N[C@@H](CCC(=O)NCCOCCOCC(=O)NCCOCCOCC(=O)NCCCC[C@@H](O)NP)C(=O)O. The molecule has 0 saturated carbocycles. The topological polar surface area (TPSA) is 260 Å². The first-order chi connectivity index (χ1) is 27.5. The van der Waals surface area contributed by atoms with E-state index in [1.165, 1.54) is 19.3 Å².